The van der Waals surface area contributed by atoms with Crippen LogP contribution in [-0.4, -0.2) is 16.6 Å². The number of nitrogens with zero attached hydrogens (tertiary/aromatic N) is 1. The smallest absolute Gasteiger partial charge is 0.231 e. The predicted octanol–water partition coefficient (Wildman–Crippen LogP) is 3.91. The Labute approximate surface area is 134 Å². The van der Waals surface area contributed by atoms with Gasteiger partial charge in [-0.1, -0.05) is 35.9 Å². The Bertz CT molecular complexity index is 941. The molecule has 0 atom stereocenters. The zero-order chi connectivity index (χ0) is 16.1. The number of hydrogen-bond acceptors (Lipinski definition) is 4. The van der Waals surface area contributed by atoms with Crippen molar-refractivity contribution < 1.29 is 18.4 Å². The van der Waals surface area contributed by atoms with Crippen LogP contribution >= 0.6 is 11.6 Å². The third-order valence-corrected chi connectivity index (χ3v) is 3.94. The van der Waals surface area contributed by atoms with E-state index >= 15 is 0 Å². The van der Waals surface area contributed by atoms with Gasteiger partial charge in [-0.3, -0.25) is 9.59 Å². The molecule has 1 aliphatic carbocycles. The lowest BCUT2D eigenvalue weighted by molar-refractivity contribution is 0.0959. The number of aromatic nitrogens is 1. The maximum atomic E-state index is 13.1. The van der Waals surface area contributed by atoms with Gasteiger partial charge in [0.25, 0.3) is 0 Å². The van der Waals surface area contributed by atoms with Crippen molar-refractivity contribution in [3.8, 4) is 11.5 Å². The Morgan fingerprint density at radius 3 is 2.35 bits per heavy atom. The van der Waals surface area contributed by atoms with Crippen LogP contribution in [0.15, 0.2) is 46.9 Å². The summed E-state index contributed by atoms with van der Waals surface area (Å²) >= 11 is 5.98. The molecule has 4 rings (SSSR count). The van der Waals surface area contributed by atoms with Gasteiger partial charge in [-0.05, 0) is 18.2 Å². The van der Waals surface area contributed by atoms with Gasteiger partial charge in [0.05, 0.1) is 10.6 Å². The Morgan fingerprint density at radius 1 is 0.957 bits per heavy atom. The summed E-state index contributed by atoms with van der Waals surface area (Å²) < 4.78 is 18.6. The lowest BCUT2D eigenvalue weighted by Crippen LogP contribution is -2.19. The summed E-state index contributed by atoms with van der Waals surface area (Å²) in [6, 6.07) is 10.2. The van der Waals surface area contributed by atoms with E-state index in [1.54, 1.807) is 24.3 Å². The predicted molar refractivity (Wildman–Crippen MR) is 80.2 cm³/mol. The molecule has 0 bridgehead atoms. The van der Waals surface area contributed by atoms with Crippen molar-refractivity contribution >= 4 is 23.2 Å². The van der Waals surface area contributed by atoms with Crippen LogP contribution in [0.5, 0.6) is 0 Å². The van der Waals surface area contributed by atoms with E-state index in [4.69, 9.17) is 16.0 Å². The molecule has 6 heteroatoms. The van der Waals surface area contributed by atoms with Crippen LogP contribution in [0.4, 0.5) is 4.39 Å². The van der Waals surface area contributed by atoms with Crippen molar-refractivity contribution in [1.29, 1.82) is 0 Å². The summed E-state index contributed by atoms with van der Waals surface area (Å²) in [4.78, 5) is 29.0. The second-order valence-corrected chi connectivity index (χ2v) is 5.43. The van der Waals surface area contributed by atoms with E-state index in [2.05, 4.69) is 4.98 Å². The Hall–Kier alpha value is -2.79. The van der Waals surface area contributed by atoms with Gasteiger partial charge in [-0.15, -0.1) is 0 Å². The van der Waals surface area contributed by atoms with Crippen LogP contribution in [0, 0.1) is 5.82 Å². The van der Waals surface area contributed by atoms with E-state index < -0.39 is 11.6 Å². The Morgan fingerprint density at radius 2 is 1.65 bits per heavy atom. The Balaban J connectivity index is 1.90. The summed E-state index contributed by atoms with van der Waals surface area (Å²) in [7, 11) is 0. The number of rotatable bonds is 1. The maximum absolute atomic E-state index is 13.1. The first-order valence-electron chi connectivity index (χ1n) is 6.71. The van der Waals surface area contributed by atoms with Gasteiger partial charge in [0, 0.05) is 11.1 Å². The van der Waals surface area contributed by atoms with Crippen LogP contribution in [-0.2, 0) is 0 Å². The molecular weight excluding hydrogens is 321 g/mol. The zero-order valence-electron chi connectivity index (χ0n) is 11.5. The summed E-state index contributed by atoms with van der Waals surface area (Å²) in [6.07, 6.45) is 0. The van der Waals surface area contributed by atoms with Gasteiger partial charge in [-0.2, -0.15) is 0 Å². The van der Waals surface area contributed by atoms with Crippen LogP contribution in [0.1, 0.15) is 32.2 Å². The van der Waals surface area contributed by atoms with E-state index in [0.29, 0.717) is 5.56 Å². The fourth-order valence-corrected chi connectivity index (χ4v) is 2.78. The minimum absolute atomic E-state index is 0.00880. The molecule has 0 radical (unpaired) electrons. The average molecular weight is 328 g/mol. The third kappa shape index (κ3) is 2.01. The lowest BCUT2D eigenvalue weighted by Gasteiger charge is -2.10. The van der Waals surface area contributed by atoms with Gasteiger partial charge < -0.3 is 4.42 Å². The normalized spacial score (nSPS) is 13.0. The summed E-state index contributed by atoms with van der Waals surface area (Å²) in [5.41, 5.74) is 0.823. The molecule has 0 aliphatic heterocycles. The number of ketones is 2. The first-order valence-corrected chi connectivity index (χ1v) is 7.09. The molecule has 0 amide bonds. The van der Waals surface area contributed by atoms with Crippen LogP contribution < -0.4 is 0 Å². The molecule has 0 fully saturated rings. The van der Waals surface area contributed by atoms with Crippen molar-refractivity contribution in [2.45, 2.75) is 0 Å². The van der Waals surface area contributed by atoms with Crippen LogP contribution in [0.3, 0.4) is 0 Å². The van der Waals surface area contributed by atoms with E-state index in [-0.39, 0.29) is 39.3 Å². The van der Waals surface area contributed by atoms with E-state index in [1.165, 1.54) is 12.1 Å². The van der Waals surface area contributed by atoms with Crippen LogP contribution in [0.25, 0.3) is 11.5 Å². The molecule has 4 nitrogen and oxygen atoms in total. The molecule has 3 aromatic rings. The van der Waals surface area contributed by atoms with Gasteiger partial charge >= 0.3 is 0 Å². The number of benzene rings is 2. The number of halogens is 2. The zero-order valence-corrected chi connectivity index (χ0v) is 12.2. The number of carbonyl (C=O) groups excluding carboxylic acids is 2. The van der Waals surface area contributed by atoms with Crippen molar-refractivity contribution in [3.05, 3.63) is 75.9 Å². The molecule has 1 aromatic heterocycles. The maximum Gasteiger partial charge on any atom is 0.231 e. The Kier molecular flexibility index (Phi) is 2.92. The molecule has 0 N–H and O–H groups in total. The first-order chi connectivity index (χ1) is 11.1. The number of fused-ring (bicyclic) bond motifs is 2. The third-order valence-electron chi connectivity index (χ3n) is 3.63. The fraction of sp³-hybridized carbons (Fsp3) is 0. The standard InChI is InChI=1S/C17H7ClFNO3/c18-12-7-8(19)5-6-11(12)17-20-13-14(21)9-3-1-2-4-10(9)15(22)16(13)23-17/h1-7H. The highest BCUT2D eigenvalue weighted by Gasteiger charge is 2.35. The van der Waals surface area contributed by atoms with Crippen molar-refractivity contribution in [3.63, 3.8) is 0 Å². The molecule has 0 saturated heterocycles. The molecule has 112 valence electrons. The molecule has 0 unspecified atom stereocenters. The topological polar surface area (TPSA) is 60.2 Å². The first kappa shape index (κ1) is 13.8. The molecule has 1 heterocycles. The van der Waals surface area contributed by atoms with Gasteiger partial charge in [0.1, 0.15) is 5.82 Å². The number of carbonyl (C=O) groups is 2. The largest absolute Gasteiger partial charge is 0.432 e. The molecular formula is C17H7ClFNO3. The van der Waals surface area contributed by atoms with Crippen LogP contribution in [0.2, 0.25) is 5.02 Å². The molecule has 2 aromatic carbocycles. The van der Waals surface area contributed by atoms with Gasteiger partial charge in [0.15, 0.2) is 5.69 Å². The summed E-state index contributed by atoms with van der Waals surface area (Å²) in [5, 5.41) is 0.0843. The highest BCUT2D eigenvalue weighted by atomic mass is 35.5. The van der Waals surface area contributed by atoms with Crippen molar-refractivity contribution in [2.75, 3.05) is 0 Å². The highest BCUT2D eigenvalue weighted by Crippen LogP contribution is 2.33. The molecule has 23 heavy (non-hydrogen) atoms. The lowest BCUT2D eigenvalue weighted by atomic mass is 9.91. The second kappa shape index (κ2) is 4.86. The van der Waals surface area contributed by atoms with Crippen molar-refractivity contribution in [2.24, 2.45) is 0 Å². The number of oxazole rings is 1. The summed E-state index contributed by atoms with van der Waals surface area (Å²) in [5.74, 6) is -1.41. The monoisotopic (exact) mass is 327 g/mol. The van der Waals surface area contributed by atoms with E-state index in [9.17, 15) is 14.0 Å². The minimum atomic E-state index is -0.505. The minimum Gasteiger partial charge on any atom is -0.432 e. The SMILES string of the molecule is O=C1c2ccccc2C(=O)c2oc(-c3ccc(F)cc3Cl)nc21. The van der Waals surface area contributed by atoms with Crippen molar-refractivity contribution in [1.82, 2.24) is 4.98 Å². The summed E-state index contributed by atoms with van der Waals surface area (Å²) in [6.45, 7) is 0. The number of hydrogen-bond donors (Lipinski definition) is 0. The van der Waals surface area contributed by atoms with Gasteiger partial charge in [-0.25, -0.2) is 9.37 Å². The van der Waals surface area contributed by atoms with E-state index in [1.807, 2.05) is 0 Å². The second-order valence-electron chi connectivity index (χ2n) is 5.02. The quantitative estimate of drug-likeness (QED) is 0.532. The molecule has 0 spiro atoms. The molecule has 0 saturated carbocycles. The average Bonchev–Trinajstić information content (AvgIpc) is 2.98. The van der Waals surface area contributed by atoms with Gasteiger partial charge in [0.2, 0.25) is 23.2 Å². The highest BCUT2D eigenvalue weighted by molar-refractivity contribution is 6.33. The van der Waals surface area contributed by atoms with E-state index in [0.717, 1.165) is 6.07 Å². The fourth-order valence-electron chi connectivity index (χ4n) is 2.54. The molecule has 1 aliphatic rings.